The molecule has 0 aliphatic rings. The number of hydrogen-bond donors (Lipinski definition) is 4. The van der Waals surface area contributed by atoms with Crippen LogP contribution < -0.4 is 26.0 Å². The Kier molecular flexibility index (Phi) is 40.9. The van der Waals surface area contributed by atoms with E-state index in [0.717, 1.165) is 5.56 Å². The van der Waals surface area contributed by atoms with Gasteiger partial charge in [-0.25, -0.2) is 0 Å². The molecule has 418 valence electrons. The van der Waals surface area contributed by atoms with Crippen molar-refractivity contribution in [3.63, 3.8) is 0 Å². The van der Waals surface area contributed by atoms with E-state index in [2.05, 4.69) is 39.0 Å². The molecule has 0 aliphatic carbocycles. The molecule has 0 bridgehead atoms. The van der Waals surface area contributed by atoms with E-state index in [0.29, 0.717) is 58.2 Å². The van der Waals surface area contributed by atoms with Gasteiger partial charge in [-0.05, 0) is 64.5 Å². The average molecular weight is 1060 g/mol. The number of benzene rings is 1. The largest absolute Gasteiger partial charge is 0.426 e. The number of amides is 4. The van der Waals surface area contributed by atoms with Crippen molar-refractivity contribution in [2.45, 2.75) is 115 Å². The van der Waals surface area contributed by atoms with Crippen LogP contribution >= 0.6 is 0 Å². The third-order valence-electron chi connectivity index (χ3n) is 11.0. The average Bonchev–Trinajstić information content (AvgIpc) is 3.39. The highest BCUT2D eigenvalue weighted by Gasteiger charge is 2.33. The van der Waals surface area contributed by atoms with Gasteiger partial charge in [-0.3, -0.25) is 33.6 Å². The molecule has 20 heteroatoms. The fourth-order valence-electron chi connectivity index (χ4n) is 6.89. The fourth-order valence-corrected chi connectivity index (χ4v) is 6.89. The minimum atomic E-state index is -1.17. The Labute approximate surface area is 444 Å². The molecular weight excluding hydrogens is 973 g/mol. The summed E-state index contributed by atoms with van der Waals surface area (Å²) in [6, 6.07) is 6.39. The maximum absolute atomic E-state index is 13.7. The Bertz CT molecular complexity index is 1800. The van der Waals surface area contributed by atoms with Crippen molar-refractivity contribution in [3.8, 4) is 42.8 Å². The van der Waals surface area contributed by atoms with Crippen molar-refractivity contribution < 1.29 is 76.2 Å². The molecule has 0 heterocycles. The second-order valence-electron chi connectivity index (χ2n) is 17.3. The summed E-state index contributed by atoms with van der Waals surface area (Å²) in [6.45, 7) is 8.05. The highest BCUT2D eigenvalue weighted by atomic mass is 16.5. The van der Waals surface area contributed by atoms with Crippen LogP contribution in [-0.2, 0) is 71.5 Å². The highest BCUT2D eigenvalue weighted by molar-refractivity contribution is 5.89. The molecule has 4 N–H and O–H groups in total. The lowest BCUT2D eigenvalue weighted by Crippen LogP contribution is -2.50. The number of carbonyl (C=O) groups excluding carboxylic acids is 7. The van der Waals surface area contributed by atoms with Crippen LogP contribution in [0.25, 0.3) is 0 Å². The van der Waals surface area contributed by atoms with Crippen molar-refractivity contribution in [3.05, 3.63) is 29.8 Å². The molecule has 0 saturated carbocycles. The summed E-state index contributed by atoms with van der Waals surface area (Å²) in [5, 5.41) is 11.4. The van der Waals surface area contributed by atoms with Crippen LogP contribution in [0, 0.1) is 44.0 Å². The molecule has 0 aromatic heterocycles. The van der Waals surface area contributed by atoms with Gasteiger partial charge in [0.25, 0.3) is 0 Å². The van der Waals surface area contributed by atoms with Crippen molar-refractivity contribution in [2.75, 3.05) is 119 Å². The fraction of sp³-hybridized carbons (Fsp3) is 0.655. The molecule has 0 radical (unpaired) electrons. The summed E-state index contributed by atoms with van der Waals surface area (Å²) in [4.78, 5) is 91.0. The summed E-state index contributed by atoms with van der Waals surface area (Å²) in [5.41, 5.74) is -0.107. The quantitative estimate of drug-likeness (QED) is 0.0317. The van der Waals surface area contributed by atoms with Crippen molar-refractivity contribution >= 4 is 41.2 Å². The van der Waals surface area contributed by atoms with Crippen LogP contribution in [0.1, 0.15) is 102 Å². The molecule has 1 atom stereocenters. The molecule has 0 unspecified atom stereocenters. The molecule has 1 rings (SSSR count). The number of terminal acetylenes is 3. The van der Waals surface area contributed by atoms with Gasteiger partial charge in [0.15, 0.2) is 5.78 Å². The van der Waals surface area contributed by atoms with E-state index in [1.165, 1.54) is 0 Å². The predicted molar refractivity (Wildman–Crippen MR) is 279 cm³/mol. The van der Waals surface area contributed by atoms with E-state index in [1.807, 2.05) is 19.1 Å². The van der Waals surface area contributed by atoms with Crippen LogP contribution in [0.15, 0.2) is 24.3 Å². The van der Waals surface area contributed by atoms with E-state index < -0.39 is 29.4 Å². The molecule has 20 nitrogen and oxygen atoms in total. The van der Waals surface area contributed by atoms with E-state index in [-0.39, 0.29) is 180 Å². The number of ketones is 2. The second kappa shape index (κ2) is 45.6. The lowest BCUT2D eigenvalue weighted by atomic mass is 9.82. The smallest absolute Gasteiger partial charge is 0.313 e. The molecule has 0 saturated heterocycles. The zero-order valence-corrected chi connectivity index (χ0v) is 44.3. The second-order valence-corrected chi connectivity index (χ2v) is 17.3. The summed E-state index contributed by atoms with van der Waals surface area (Å²) >= 11 is 0. The SMILES string of the molecule is C#CCOCCOCCCC(=O)CCC(CCC(=O)NCCOCCOCC#C)(CCC(=O)NCCOCCOCC#C)NC(=O)CCCC(=O)N[C@@H](C)C(=O)CCCOCCOCCC(=O)Oc1ccc(C)cc1. The lowest BCUT2D eigenvalue weighted by Gasteiger charge is -2.35. The van der Waals surface area contributed by atoms with Crippen LogP contribution in [0.5, 0.6) is 5.75 Å². The van der Waals surface area contributed by atoms with Crippen LogP contribution in [0.2, 0.25) is 0 Å². The van der Waals surface area contributed by atoms with E-state index in [4.69, 9.17) is 61.9 Å². The van der Waals surface area contributed by atoms with Gasteiger partial charge in [-0.1, -0.05) is 35.5 Å². The number of carbonyl (C=O) groups is 7. The Balaban J connectivity index is 2.80. The van der Waals surface area contributed by atoms with Gasteiger partial charge >= 0.3 is 5.97 Å². The van der Waals surface area contributed by atoms with Gasteiger partial charge < -0.3 is 63.9 Å². The van der Waals surface area contributed by atoms with Crippen LogP contribution in [-0.4, -0.2) is 172 Å². The first-order chi connectivity index (χ1) is 36.3. The van der Waals surface area contributed by atoms with E-state index in [9.17, 15) is 33.6 Å². The van der Waals surface area contributed by atoms with Crippen molar-refractivity contribution in [2.24, 2.45) is 0 Å². The Morgan fingerprint density at radius 1 is 0.493 bits per heavy atom. The monoisotopic (exact) mass is 1050 g/mol. The van der Waals surface area contributed by atoms with E-state index >= 15 is 0 Å². The lowest BCUT2D eigenvalue weighted by molar-refractivity contribution is -0.135. The summed E-state index contributed by atoms with van der Waals surface area (Å²) < 4.78 is 48.3. The molecule has 1 aromatic carbocycles. The number of nitrogens with one attached hydrogen (secondary N) is 4. The minimum Gasteiger partial charge on any atom is -0.426 e. The molecule has 1 aromatic rings. The van der Waals surface area contributed by atoms with Gasteiger partial charge in [0.2, 0.25) is 23.6 Å². The zero-order chi connectivity index (χ0) is 55.0. The summed E-state index contributed by atoms with van der Waals surface area (Å²) in [7, 11) is 0. The van der Waals surface area contributed by atoms with E-state index in [1.54, 1.807) is 19.1 Å². The predicted octanol–water partition coefficient (Wildman–Crippen LogP) is 3.12. The number of rotatable bonds is 49. The molecule has 0 aliphatic heterocycles. The topological polar surface area (TPSA) is 251 Å². The highest BCUT2D eigenvalue weighted by Crippen LogP contribution is 2.27. The number of hydrogen-bond acceptors (Lipinski definition) is 16. The Hall–Kier alpha value is -5.73. The van der Waals surface area contributed by atoms with Gasteiger partial charge in [-0.15, -0.1) is 19.3 Å². The standard InChI is InChI=1S/C55H82N4O16/c1-6-29-67-37-40-70-32-10-12-47(60)20-24-55(25-21-50(62)56-27-35-73-43-38-68-30-7-2,26-22-51(63)57-28-36-74-44-39-69-31-8-3)59-53(65)15-9-14-52(64)58-46(5)49(61)13-11-33-71-41-42-72-34-23-54(66)75-48-18-16-45(4)17-19-48/h1-3,16-19,46H,9-15,20-44H2,4-5H3,(H,56,62)(H,57,63)(H,58,64)(H,59,65)/t46-/m0/s1. The number of aryl methyl sites for hydroxylation is 1. The Morgan fingerprint density at radius 2 is 0.947 bits per heavy atom. The molecule has 4 amide bonds. The molecule has 75 heavy (non-hydrogen) atoms. The summed E-state index contributed by atoms with van der Waals surface area (Å²) in [6.07, 6.45) is 17.2. The third-order valence-corrected chi connectivity index (χ3v) is 11.0. The van der Waals surface area contributed by atoms with Crippen LogP contribution in [0.3, 0.4) is 0 Å². The first-order valence-corrected chi connectivity index (χ1v) is 25.7. The zero-order valence-electron chi connectivity index (χ0n) is 44.3. The summed E-state index contributed by atoms with van der Waals surface area (Å²) in [5.74, 6) is 5.40. The maximum Gasteiger partial charge on any atom is 0.313 e. The Morgan fingerprint density at radius 3 is 1.47 bits per heavy atom. The van der Waals surface area contributed by atoms with Crippen molar-refractivity contribution in [1.82, 2.24) is 21.3 Å². The van der Waals surface area contributed by atoms with Gasteiger partial charge in [0.05, 0.1) is 85.1 Å². The number of ether oxygens (including phenoxy) is 9. The molecular formula is C55H82N4O16. The first kappa shape index (κ1) is 67.3. The number of esters is 1. The molecule has 0 spiro atoms. The van der Waals surface area contributed by atoms with Gasteiger partial charge in [0, 0.05) is 76.8 Å². The normalized spacial score (nSPS) is 11.3. The first-order valence-electron chi connectivity index (χ1n) is 25.7. The maximum atomic E-state index is 13.7. The van der Waals surface area contributed by atoms with Crippen LogP contribution in [0.4, 0.5) is 0 Å². The molecule has 0 fully saturated rings. The van der Waals surface area contributed by atoms with Gasteiger partial charge in [0.1, 0.15) is 31.4 Å². The van der Waals surface area contributed by atoms with Gasteiger partial charge in [-0.2, -0.15) is 0 Å². The number of Topliss-reactive ketones (excluding diaryl/α,β-unsaturated/α-hetero) is 2. The van der Waals surface area contributed by atoms with Crippen molar-refractivity contribution in [1.29, 1.82) is 0 Å². The minimum absolute atomic E-state index is 0.0451. The third kappa shape index (κ3) is 39.4.